The molecule has 6 heteroatoms. The molecule has 1 aliphatic carbocycles. The maximum Gasteiger partial charge on any atom is 0.334 e. The summed E-state index contributed by atoms with van der Waals surface area (Å²) in [6, 6.07) is 0. The number of aliphatic hydroxyl groups excluding tert-OH is 2. The predicted octanol–water partition coefficient (Wildman–Crippen LogP) is 4.54. The van der Waals surface area contributed by atoms with Gasteiger partial charge in [-0.15, -0.1) is 0 Å². The van der Waals surface area contributed by atoms with Crippen LogP contribution in [0.2, 0.25) is 0 Å². The summed E-state index contributed by atoms with van der Waals surface area (Å²) in [5.74, 6) is -1.44. The van der Waals surface area contributed by atoms with Gasteiger partial charge in [0.15, 0.2) is 0 Å². The summed E-state index contributed by atoms with van der Waals surface area (Å²) >= 11 is 0. The van der Waals surface area contributed by atoms with E-state index in [4.69, 9.17) is 9.84 Å². The number of aliphatic carboxylic acids is 1. The molecule has 0 saturated heterocycles. The first-order valence-corrected chi connectivity index (χ1v) is 11.4. The third-order valence-corrected chi connectivity index (χ3v) is 5.44. The van der Waals surface area contributed by atoms with Crippen molar-refractivity contribution in [2.45, 2.75) is 110 Å². The molecule has 0 fully saturated rings. The molecule has 0 aliphatic heterocycles. The van der Waals surface area contributed by atoms with E-state index in [0.29, 0.717) is 24.8 Å². The lowest BCUT2D eigenvalue weighted by molar-refractivity contribution is -0.143. The Bertz CT molecular complexity index is 593. The minimum absolute atomic E-state index is 0.175. The number of rotatable bonds is 15. The molecule has 0 aromatic heterocycles. The third kappa shape index (κ3) is 9.90. The number of carbonyl (C=O) groups is 2. The molecule has 3 N–H and O–H groups in total. The van der Waals surface area contributed by atoms with Crippen molar-refractivity contribution in [2.75, 3.05) is 0 Å². The van der Waals surface area contributed by atoms with Crippen molar-refractivity contribution in [1.82, 2.24) is 0 Å². The fraction of sp³-hybridized carbons (Fsp3) is 0.750. The average molecular weight is 425 g/mol. The molecule has 0 spiro atoms. The van der Waals surface area contributed by atoms with E-state index in [1.807, 2.05) is 6.08 Å². The van der Waals surface area contributed by atoms with Crippen LogP contribution in [0, 0.1) is 5.92 Å². The van der Waals surface area contributed by atoms with Gasteiger partial charge >= 0.3 is 11.9 Å². The van der Waals surface area contributed by atoms with Crippen LogP contribution in [-0.4, -0.2) is 45.6 Å². The quantitative estimate of drug-likeness (QED) is 0.203. The van der Waals surface area contributed by atoms with E-state index in [1.54, 1.807) is 19.9 Å². The van der Waals surface area contributed by atoms with Crippen LogP contribution in [0.5, 0.6) is 0 Å². The fourth-order valence-electron chi connectivity index (χ4n) is 3.86. The molecule has 1 rings (SSSR count). The number of hydrogen-bond acceptors (Lipinski definition) is 5. The second-order valence-electron chi connectivity index (χ2n) is 8.51. The van der Waals surface area contributed by atoms with Gasteiger partial charge < -0.3 is 20.1 Å². The number of carboxylic acid groups (broad SMARTS) is 1. The van der Waals surface area contributed by atoms with Gasteiger partial charge in [0.2, 0.25) is 0 Å². The van der Waals surface area contributed by atoms with E-state index < -0.39 is 18.2 Å². The summed E-state index contributed by atoms with van der Waals surface area (Å²) in [7, 11) is 0. The third-order valence-electron chi connectivity index (χ3n) is 5.44. The van der Waals surface area contributed by atoms with Crippen molar-refractivity contribution in [1.29, 1.82) is 0 Å². The molecule has 1 aliphatic rings. The highest BCUT2D eigenvalue weighted by Crippen LogP contribution is 2.37. The van der Waals surface area contributed by atoms with Crippen molar-refractivity contribution in [2.24, 2.45) is 5.92 Å². The molecular weight excluding hydrogens is 384 g/mol. The Kier molecular flexibility index (Phi) is 12.6. The van der Waals surface area contributed by atoms with Gasteiger partial charge in [-0.05, 0) is 39.5 Å². The molecule has 0 unspecified atom stereocenters. The lowest BCUT2D eigenvalue weighted by Gasteiger charge is -2.16. The van der Waals surface area contributed by atoms with E-state index >= 15 is 0 Å². The maximum atomic E-state index is 12.6. The van der Waals surface area contributed by atoms with E-state index in [9.17, 15) is 19.8 Å². The number of carbonyl (C=O) groups excluding carboxylic acids is 1. The van der Waals surface area contributed by atoms with Crippen LogP contribution in [0.3, 0.4) is 0 Å². The molecule has 0 heterocycles. The van der Waals surface area contributed by atoms with Crippen LogP contribution >= 0.6 is 0 Å². The number of hydrogen-bond donors (Lipinski definition) is 3. The van der Waals surface area contributed by atoms with Crippen LogP contribution in [-0.2, 0) is 14.3 Å². The second kappa shape index (κ2) is 14.4. The van der Waals surface area contributed by atoms with Gasteiger partial charge in [0.05, 0.1) is 18.3 Å². The van der Waals surface area contributed by atoms with Crippen molar-refractivity contribution in [3.05, 3.63) is 23.3 Å². The lowest BCUT2D eigenvalue weighted by Crippen LogP contribution is -2.15. The summed E-state index contributed by atoms with van der Waals surface area (Å²) in [4.78, 5) is 23.2. The first-order valence-electron chi connectivity index (χ1n) is 11.4. The Balaban J connectivity index is 2.80. The van der Waals surface area contributed by atoms with Gasteiger partial charge in [-0.1, -0.05) is 56.8 Å². The van der Waals surface area contributed by atoms with Gasteiger partial charge in [0.25, 0.3) is 0 Å². The summed E-state index contributed by atoms with van der Waals surface area (Å²) in [5, 5.41) is 29.5. The van der Waals surface area contributed by atoms with Gasteiger partial charge in [-0.2, -0.15) is 0 Å². The highest BCUT2D eigenvalue weighted by molar-refractivity contribution is 5.90. The second-order valence-corrected chi connectivity index (χ2v) is 8.51. The number of unbranched alkanes of at least 4 members (excludes halogenated alkanes) is 5. The van der Waals surface area contributed by atoms with Gasteiger partial charge in [-0.25, -0.2) is 4.79 Å². The average Bonchev–Trinajstić information content (AvgIpc) is 2.98. The molecule has 0 aromatic rings. The van der Waals surface area contributed by atoms with Crippen LogP contribution in [0.1, 0.15) is 91.4 Å². The zero-order valence-corrected chi connectivity index (χ0v) is 18.8. The van der Waals surface area contributed by atoms with Crippen LogP contribution < -0.4 is 0 Å². The summed E-state index contributed by atoms with van der Waals surface area (Å²) in [6.07, 6.45) is 10.2. The molecule has 30 heavy (non-hydrogen) atoms. The van der Waals surface area contributed by atoms with Crippen molar-refractivity contribution >= 4 is 11.9 Å². The Morgan fingerprint density at radius 3 is 2.47 bits per heavy atom. The van der Waals surface area contributed by atoms with Crippen LogP contribution in [0.25, 0.3) is 0 Å². The highest BCUT2D eigenvalue weighted by Gasteiger charge is 2.35. The van der Waals surface area contributed by atoms with Crippen LogP contribution in [0.15, 0.2) is 23.3 Å². The maximum absolute atomic E-state index is 12.6. The smallest absolute Gasteiger partial charge is 0.334 e. The standard InChI is InChI=1S/C24H40O6/c1-4-5-8-11-18(25)14-15-20-19(12-9-6-7-10-13-23(27)28)21(16-22(20)26)24(29)30-17(2)3/h14-15,17-18,20,22,25-26H,4-13,16H2,1-3H3,(H,27,28)/b15-14+/t18-,20+,22+/m0/s1. The Morgan fingerprint density at radius 2 is 1.83 bits per heavy atom. The zero-order valence-electron chi connectivity index (χ0n) is 18.8. The lowest BCUT2D eigenvalue weighted by atomic mass is 9.92. The molecule has 0 amide bonds. The molecule has 3 atom stereocenters. The zero-order chi connectivity index (χ0) is 22.5. The number of aliphatic hydroxyl groups is 2. The van der Waals surface area contributed by atoms with E-state index in [1.165, 1.54) is 0 Å². The van der Waals surface area contributed by atoms with Gasteiger partial charge in [0, 0.05) is 24.3 Å². The number of esters is 1. The van der Waals surface area contributed by atoms with E-state index in [0.717, 1.165) is 44.1 Å². The molecule has 0 saturated carbocycles. The molecule has 0 bridgehead atoms. The van der Waals surface area contributed by atoms with E-state index in [-0.39, 0.29) is 30.8 Å². The largest absolute Gasteiger partial charge is 0.481 e. The Labute approximate surface area is 181 Å². The monoisotopic (exact) mass is 424 g/mol. The summed E-state index contributed by atoms with van der Waals surface area (Å²) < 4.78 is 5.38. The number of ether oxygens (including phenoxy) is 1. The highest BCUT2D eigenvalue weighted by atomic mass is 16.5. The Morgan fingerprint density at radius 1 is 1.13 bits per heavy atom. The minimum atomic E-state index is -0.780. The van der Waals surface area contributed by atoms with Gasteiger partial charge in [-0.3, -0.25) is 4.79 Å². The first-order chi connectivity index (χ1) is 14.3. The van der Waals surface area contributed by atoms with Crippen molar-refractivity contribution in [3.8, 4) is 0 Å². The van der Waals surface area contributed by atoms with Crippen LogP contribution in [0.4, 0.5) is 0 Å². The minimum Gasteiger partial charge on any atom is -0.481 e. The summed E-state index contributed by atoms with van der Waals surface area (Å²) in [6.45, 7) is 5.72. The van der Waals surface area contributed by atoms with E-state index in [2.05, 4.69) is 6.92 Å². The molecular formula is C24H40O6. The molecule has 6 nitrogen and oxygen atoms in total. The normalized spacial score (nSPS) is 20.3. The fourth-order valence-corrected chi connectivity index (χ4v) is 3.86. The van der Waals surface area contributed by atoms with Crippen molar-refractivity contribution in [3.63, 3.8) is 0 Å². The molecule has 172 valence electrons. The molecule has 0 aromatic carbocycles. The Hall–Kier alpha value is -1.66. The SMILES string of the molecule is CCCCC[C@H](O)/C=C/[C@@H]1C(CCCCCCC(=O)O)=C(C(=O)OC(C)C)C[C@H]1O. The van der Waals surface area contributed by atoms with Gasteiger partial charge in [0.1, 0.15) is 0 Å². The summed E-state index contributed by atoms with van der Waals surface area (Å²) in [5.41, 5.74) is 1.44. The predicted molar refractivity (Wildman–Crippen MR) is 117 cm³/mol. The number of carboxylic acids is 1. The first kappa shape index (κ1) is 26.4. The molecule has 0 radical (unpaired) electrons. The van der Waals surface area contributed by atoms with Crippen molar-refractivity contribution < 1.29 is 29.6 Å². The topological polar surface area (TPSA) is 104 Å².